The molecule has 2 fully saturated rings. The van der Waals surface area contributed by atoms with Gasteiger partial charge in [-0.05, 0) is 57.9 Å². The molecule has 0 aromatic rings. The van der Waals surface area contributed by atoms with Crippen LogP contribution in [0.4, 0.5) is 0 Å². The van der Waals surface area contributed by atoms with Gasteiger partial charge in [0.05, 0.1) is 0 Å². The maximum absolute atomic E-state index is 11.3. The van der Waals surface area contributed by atoms with Crippen LogP contribution in [-0.2, 0) is 4.79 Å². The second kappa shape index (κ2) is 5.57. The Balaban J connectivity index is 1.80. The highest BCUT2D eigenvalue weighted by atomic mass is 16.4. The number of hydrogen-bond acceptors (Lipinski definition) is 3. The van der Waals surface area contributed by atoms with Crippen LogP contribution in [0.3, 0.4) is 0 Å². The molecule has 1 atom stereocenters. The van der Waals surface area contributed by atoms with Crippen LogP contribution in [0.25, 0.3) is 0 Å². The van der Waals surface area contributed by atoms with Crippen molar-refractivity contribution in [3.63, 3.8) is 0 Å². The molecule has 0 amide bonds. The highest BCUT2D eigenvalue weighted by molar-refractivity contribution is 5.78. The Morgan fingerprint density at radius 2 is 1.78 bits per heavy atom. The van der Waals surface area contributed by atoms with E-state index in [1.54, 1.807) is 14.0 Å². The van der Waals surface area contributed by atoms with E-state index in [4.69, 9.17) is 0 Å². The van der Waals surface area contributed by atoms with E-state index in [1.165, 1.54) is 38.8 Å². The first-order valence-corrected chi connectivity index (χ1v) is 7.18. The molecule has 2 aliphatic carbocycles. The van der Waals surface area contributed by atoms with Gasteiger partial charge in [-0.1, -0.05) is 0 Å². The lowest BCUT2D eigenvalue weighted by Gasteiger charge is -2.29. The lowest BCUT2D eigenvalue weighted by Crippen LogP contribution is -2.49. The third kappa shape index (κ3) is 3.95. The van der Waals surface area contributed by atoms with Crippen LogP contribution >= 0.6 is 0 Å². The first kappa shape index (κ1) is 13.8. The molecule has 2 saturated carbocycles. The Hall–Kier alpha value is -0.610. The molecule has 0 spiro atoms. The van der Waals surface area contributed by atoms with Gasteiger partial charge in [-0.3, -0.25) is 4.79 Å². The molecule has 4 heteroatoms. The zero-order valence-electron chi connectivity index (χ0n) is 11.6. The smallest absolute Gasteiger partial charge is 0.323 e. The lowest BCUT2D eigenvalue weighted by atomic mass is 9.98. The van der Waals surface area contributed by atoms with E-state index in [-0.39, 0.29) is 0 Å². The zero-order chi connectivity index (χ0) is 13.2. The highest BCUT2D eigenvalue weighted by Crippen LogP contribution is 2.34. The summed E-state index contributed by atoms with van der Waals surface area (Å²) in [6.45, 7) is 5.03. The lowest BCUT2D eigenvalue weighted by molar-refractivity contribution is -0.144. The topological polar surface area (TPSA) is 52.6 Å². The van der Waals surface area contributed by atoms with E-state index < -0.39 is 11.5 Å². The fourth-order valence-corrected chi connectivity index (χ4v) is 2.31. The summed E-state index contributed by atoms with van der Waals surface area (Å²) < 4.78 is 0. The molecule has 18 heavy (non-hydrogen) atoms. The van der Waals surface area contributed by atoms with Gasteiger partial charge in [0.25, 0.3) is 0 Å². The summed E-state index contributed by atoms with van der Waals surface area (Å²) in [7, 11) is 1.74. The maximum Gasteiger partial charge on any atom is 0.323 e. The number of likely N-dealkylation sites (N-methyl/N-ethyl adjacent to an activating group) is 1. The molecular formula is C14H26N2O2. The quantitative estimate of drug-likeness (QED) is 0.655. The molecular weight excluding hydrogens is 228 g/mol. The third-order valence-corrected chi connectivity index (χ3v) is 4.38. The first-order valence-electron chi connectivity index (χ1n) is 7.18. The second-order valence-corrected chi connectivity index (χ2v) is 6.28. The molecule has 0 aromatic heterocycles. The summed E-state index contributed by atoms with van der Waals surface area (Å²) in [4.78, 5) is 13.7. The Bertz CT molecular complexity index is 286. The van der Waals surface area contributed by atoms with Crippen molar-refractivity contribution >= 4 is 5.97 Å². The first-order chi connectivity index (χ1) is 8.53. The van der Waals surface area contributed by atoms with Gasteiger partial charge in [0.2, 0.25) is 0 Å². The number of nitrogens with zero attached hydrogens (tertiary/aromatic N) is 1. The normalized spacial score (nSPS) is 23.1. The van der Waals surface area contributed by atoms with Crippen molar-refractivity contribution in [3.05, 3.63) is 0 Å². The van der Waals surface area contributed by atoms with Crippen LogP contribution in [0.1, 0.15) is 39.0 Å². The van der Waals surface area contributed by atoms with Gasteiger partial charge in [0.15, 0.2) is 0 Å². The second-order valence-electron chi connectivity index (χ2n) is 6.28. The molecule has 0 aliphatic heterocycles. The van der Waals surface area contributed by atoms with Gasteiger partial charge in [-0.2, -0.15) is 0 Å². The molecule has 0 heterocycles. The van der Waals surface area contributed by atoms with Crippen molar-refractivity contribution in [1.29, 1.82) is 0 Å². The Morgan fingerprint density at radius 3 is 2.11 bits per heavy atom. The van der Waals surface area contributed by atoms with Gasteiger partial charge in [-0.15, -0.1) is 0 Å². The summed E-state index contributed by atoms with van der Waals surface area (Å²) in [5, 5.41) is 12.2. The van der Waals surface area contributed by atoms with Crippen molar-refractivity contribution < 1.29 is 9.90 Å². The van der Waals surface area contributed by atoms with Crippen LogP contribution in [0, 0.1) is 11.8 Å². The van der Waals surface area contributed by atoms with E-state index in [2.05, 4.69) is 10.2 Å². The van der Waals surface area contributed by atoms with Gasteiger partial charge < -0.3 is 15.3 Å². The molecule has 1 unspecified atom stereocenters. The van der Waals surface area contributed by atoms with Crippen molar-refractivity contribution in [2.45, 2.75) is 44.6 Å². The van der Waals surface area contributed by atoms with E-state index in [1.807, 2.05) is 0 Å². The Labute approximate surface area is 110 Å². The minimum absolute atomic E-state index is 0.679. The van der Waals surface area contributed by atoms with Gasteiger partial charge >= 0.3 is 5.97 Å². The van der Waals surface area contributed by atoms with E-state index in [0.29, 0.717) is 6.42 Å². The minimum atomic E-state index is -0.786. The number of hydrogen-bond donors (Lipinski definition) is 2. The largest absolute Gasteiger partial charge is 0.480 e. The van der Waals surface area contributed by atoms with Crippen LogP contribution < -0.4 is 5.32 Å². The molecule has 0 saturated heterocycles. The molecule has 104 valence electrons. The summed E-state index contributed by atoms with van der Waals surface area (Å²) in [5.74, 6) is 1.02. The van der Waals surface area contributed by atoms with Gasteiger partial charge in [0, 0.05) is 19.6 Å². The van der Waals surface area contributed by atoms with Crippen molar-refractivity contribution in [2.75, 3.05) is 26.7 Å². The molecule has 2 rings (SSSR count). The molecule has 0 aromatic carbocycles. The van der Waals surface area contributed by atoms with Crippen LogP contribution in [0.15, 0.2) is 0 Å². The Morgan fingerprint density at radius 1 is 1.28 bits per heavy atom. The fourth-order valence-electron chi connectivity index (χ4n) is 2.31. The number of carboxylic acids is 1. The van der Waals surface area contributed by atoms with E-state index in [0.717, 1.165) is 18.4 Å². The fraction of sp³-hybridized carbons (Fsp3) is 0.929. The summed E-state index contributed by atoms with van der Waals surface area (Å²) in [6.07, 6.45) is 6.14. The summed E-state index contributed by atoms with van der Waals surface area (Å²) in [5.41, 5.74) is -0.786. The van der Waals surface area contributed by atoms with E-state index in [9.17, 15) is 9.90 Å². The van der Waals surface area contributed by atoms with Crippen molar-refractivity contribution in [3.8, 4) is 0 Å². The van der Waals surface area contributed by atoms with E-state index >= 15 is 0 Å². The van der Waals surface area contributed by atoms with Crippen LogP contribution in [0.2, 0.25) is 0 Å². The van der Waals surface area contributed by atoms with Crippen LogP contribution in [-0.4, -0.2) is 48.2 Å². The number of rotatable bonds is 9. The Kier molecular flexibility index (Phi) is 4.28. The minimum Gasteiger partial charge on any atom is -0.480 e. The predicted molar refractivity (Wildman–Crippen MR) is 71.6 cm³/mol. The summed E-state index contributed by atoms with van der Waals surface area (Å²) in [6, 6.07) is 0. The molecule has 2 aliphatic rings. The molecule has 0 radical (unpaired) electrons. The average Bonchev–Trinajstić information content (AvgIpc) is 3.20. The van der Waals surface area contributed by atoms with Crippen molar-refractivity contribution in [2.24, 2.45) is 11.8 Å². The third-order valence-electron chi connectivity index (χ3n) is 4.38. The average molecular weight is 254 g/mol. The van der Waals surface area contributed by atoms with Crippen molar-refractivity contribution in [1.82, 2.24) is 10.2 Å². The maximum atomic E-state index is 11.3. The van der Waals surface area contributed by atoms with Crippen LogP contribution in [0.5, 0.6) is 0 Å². The number of carbonyl (C=O) groups is 1. The molecule has 2 N–H and O–H groups in total. The standard InChI is InChI=1S/C14H26N2O2/c1-14(15-2,13(17)18)7-8-16(9-11-3-4-11)10-12-5-6-12/h11-12,15H,3-10H2,1-2H3,(H,17,18). The molecule has 4 nitrogen and oxygen atoms in total. The molecule has 0 bridgehead atoms. The monoisotopic (exact) mass is 254 g/mol. The van der Waals surface area contributed by atoms with Gasteiger partial charge in [-0.25, -0.2) is 0 Å². The number of aliphatic carboxylic acids is 1. The van der Waals surface area contributed by atoms with Gasteiger partial charge in [0.1, 0.15) is 5.54 Å². The zero-order valence-corrected chi connectivity index (χ0v) is 11.6. The predicted octanol–water partition coefficient (Wildman–Crippen LogP) is 1.56. The SMILES string of the molecule is CNC(C)(CCN(CC1CC1)CC1CC1)C(=O)O. The number of carboxylic acid groups (broad SMARTS) is 1. The number of nitrogens with one attached hydrogen (secondary N) is 1. The highest BCUT2D eigenvalue weighted by Gasteiger charge is 2.34. The summed E-state index contributed by atoms with van der Waals surface area (Å²) >= 11 is 0.